The molecule has 1 amide bonds. The first-order valence-corrected chi connectivity index (χ1v) is 12.0. The van der Waals surface area contributed by atoms with Gasteiger partial charge in [-0.1, -0.05) is 17.7 Å². The summed E-state index contributed by atoms with van der Waals surface area (Å²) in [5.74, 6) is 1.37. The van der Waals surface area contributed by atoms with Crippen LogP contribution in [-0.4, -0.2) is 35.7 Å². The smallest absolute Gasteiger partial charge is 0.261 e. The van der Waals surface area contributed by atoms with Crippen LogP contribution in [0, 0.1) is 6.92 Å². The predicted molar refractivity (Wildman–Crippen MR) is 131 cm³/mol. The maximum atomic E-state index is 12.5. The quantitative estimate of drug-likeness (QED) is 0.442. The van der Waals surface area contributed by atoms with Crippen LogP contribution in [0.3, 0.4) is 0 Å². The molecule has 0 atom stereocenters. The molecule has 9 heteroatoms. The number of hydrogen-bond acceptors (Lipinski definition) is 6. The fraction of sp³-hybridized carbons (Fsp3) is 0.240. The van der Waals surface area contributed by atoms with Gasteiger partial charge < -0.3 is 19.5 Å². The van der Waals surface area contributed by atoms with Crippen LogP contribution in [0.5, 0.6) is 17.2 Å². The second kappa shape index (κ2) is 10.9. The van der Waals surface area contributed by atoms with Crippen molar-refractivity contribution in [2.75, 3.05) is 31.4 Å². The minimum atomic E-state index is -3.69. The van der Waals surface area contributed by atoms with Gasteiger partial charge in [0.15, 0.2) is 11.5 Å². The Kier molecular flexibility index (Phi) is 8.01. The summed E-state index contributed by atoms with van der Waals surface area (Å²) in [6, 6.07) is 16.7. The number of ether oxygens (including phenoxy) is 3. The molecule has 0 heterocycles. The van der Waals surface area contributed by atoms with Crippen molar-refractivity contribution in [3.8, 4) is 17.2 Å². The van der Waals surface area contributed by atoms with Crippen LogP contribution < -0.4 is 24.2 Å². The van der Waals surface area contributed by atoms with Gasteiger partial charge in [0.25, 0.3) is 10.0 Å². The van der Waals surface area contributed by atoms with Gasteiger partial charge in [0.1, 0.15) is 0 Å². The average Bonchev–Trinajstić information content (AvgIpc) is 2.83. The van der Waals surface area contributed by atoms with Crippen LogP contribution in [0.4, 0.5) is 11.4 Å². The van der Waals surface area contributed by atoms with Crippen LogP contribution in [0.2, 0.25) is 0 Å². The molecule has 0 aromatic heterocycles. The molecule has 0 saturated carbocycles. The summed E-state index contributed by atoms with van der Waals surface area (Å²) in [5, 5.41) is 2.82. The number of rotatable bonds is 10. The number of carbonyl (C=O) groups is 1. The Labute approximate surface area is 199 Å². The summed E-state index contributed by atoms with van der Waals surface area (Å²) in [6.07, 6.45) is 0.706. The number of methoxy groups -OCH3 is 3. The second-order valence-corrected chi connectivity index (χ2v) is 9.26. The largest absolute Gasteiger partial charge is 0.493 e. The molecule has 180 valence electrons. The molecule has 8 nitrogen and oxygen atoms in total. The monoisotopic (exact) mass is 484 g/mol. The predicted octanol–water partition coefficient (Wildman–Crippen LogP) is 4.39. The molecule has 34 heavy (non-hydrogen) atoms. The van der Waals surface area contributed by atoms with Crippen molar-refractivity contribution in [2.24, 2.45) is 0 Å². The summed E-state index contributed by atoms with van der Waals surface area (Å²) < 4.78 is 43.6. The first-order chi connectivity index (χ1) is 16.2. The lowest BCUT2D eigenvalue weighted by Gasteiger charge is -2.14. The Morgan fingerprint density at radius 3 is 1.91 bits per heavy atom. The molecular weight excluding hydrogens is 456 g/mol. The van der Waals surface area contributed by atoms with Crippen LogP contribution in [0.25, 0.3) is 0 Å². The van der Waals surface area contributed by atoms with Gasteiger partial charge in [-0.15, -0.1) is 0 Å². The number of sulfonamides is 1. The number of anilines is 2. The van der Waals surface area contributed by atoms with E-state index in [9.17, 15) is 13.2 Å². The third-order valence-corrected chi connectivity index (χ3v) is 6.51. The van der Waals surface area contributed by atoms with Crippen LogP contribution in [-0.2, 0) is 21.2 Å². The number of carbonyl (C=O) groups excluding carboxylic acids is 1. The highest BCUT2D eigenvalue weighted by Crippen LogP contribution is 2.38. The standard InChI is InChI=1S/C25H28N2O6S/c1-17-5-12-21(13-6-17)34(29,30)27-20-10-8-19(9-11-20)26-24(28)14-7-18-15-22(31-2)25(33-4)23(16-18)32-3/h5-6,8-13,15-16,27H,7,14H2,1-4H3,(H,26,28). The Morgan fingerprint density at radius 2 is 1.38 bits per heavy atom. The molecular formula is C25H28N2O6S. The molecule has 0 aliphatic heterocycles. The van der Waals surface area contributed by atoms with Crippen molar-refractivity contribution in [2.45, 2.75) is 24.7 Å². The van der Waals surface area contributed by atoms with Crippen molar-refractivity contribution in [3.63, 3.8) is 0 Å². The van der Waals surface area contributed by atoms with Gasteiger partial charge in [-0.2, -0.15) is 0 Å². The topological polar surface area (TPSA) is 103 Å². The van der Waals surface area contributed by atoms with Gasteiger partial charge in [0.05, 0.1) is 26.2 Å². The van der Waals surface area contributed by atoms with Crippen molar-refractivity contribution >= 4 is 27.3 Å². The van der Waals surface area contributed by atoms with E-state index < -0.39 is 10.0 Å². The molecule has 0 aliphatic rings. The summed E-state index contributed by atoms with van der Waals surface area (Å²) in [5.41, 5.74) is 2.80. The Morgan fingerprint density at radius 1 is 0.824 bits per heavy atom. The number of aryl methyl sites for hydroxylation is 2. The van der Waals surface area contributed by atoms with Gasteiger partial charge in [0, 0.05) is 17.8 Å². The molecule has 0 unspecified atom stereocenters. The lowest BCUT2D eigenvalue weighted by Crippen LogP contribution is -2.14. The number of hydrogen-bond donors (Lipinski definition) is 2. The summed E-state index contributed by atoms with van der Waals surface area (Å²) in [7, 11) is 0.925. The van der Waals surface area contributed by atoms with Gasteiger partial charge in [-0.05, 0) is 67.4 Å². The third-order valence-electron chi connectivity index (χ3n) is 5.12. The second-order valence-electron chi connectivity index (χ2n) is 7.58. The Balaban J connectivity index is 1.59. The minimum Gasteiger partial charge on any atom is -0.493 e. The molecule has 3 rings (SSSR count). The van der Waals surface area contributed by atoms with E-state index in [4.69, 9.17) is 14.2 Å². The number of benzene rings is 3. The molecule has 0 radical (unpaired) electrons. The molecule has 0 aliphatic carbocycles. The molecule has 0 fully saturated rings. The molecule has 3 aromatic rings. The van der Waals surface area contributed by atoms with E-state index >= 15 is 0 Å². The molecule has 0 saturated heterocycles. The van der Waals surface area contributed by atoms with E-state index in [1.54, 1.807) is 62.8 Å². The minimum absolute atomic E-state index is 0.179. The fourth-order valence-electron chi connectivity index (χ4n) is 3.31. The van der Waals surface area contributed by atoms with Crippen molar-refractivity contribution in [3.05, 3.63) is 71.8 Å². The van der Waals surface area contributed by atoms with Gasteiger partial charge in [-0.3, -0.25) is 9.52 Å². The zero-order valence-electron chi connectivity index (χ0n) is 19.5. The maximum absolute atomic E-state index is 12.5. The van der Waals surface area contributed by atoms with E-state index in [1.807, 2.05) is 19.1 Å². The lowest BCUT2D eigenvalue weighted by molar-refractivity contribution is -0.116. The van der Waals surface area contributed by atoms with Crippen LogP contribution in [0.1, 0.15) is 17.5 Å². The van der Waals surface area contributed by atoms with Crippen molar-refractivity contribution in [1.82, 2.24) is 0 Å². The van der Waals surface area contributed by atoms with E-state index in [2.05, 4.69) is 10.0 Å². The molecule has 2 N–H and O–H groups in total. The van der Waals surface area contributed by atoms with Crippen LogP contribution >= 0.6 is 0 Å². The normalized spacial score (nSPS) is 10.9. The van der Waals surface area contributed by atoms with Gasteiger partial charge >= 0.3 is 0 Å². The summed E-state index contributed by atoms with van der Waals surface area (Å²) in [6.45, 7) is 1.89. The van der Waals surface area contributed by atoms with E-state index in [0.29, 0.717) is 35.0 Å². The first kappa shape index (κ1) is 24.9. The molecule has 0 bridgehead atoms. The van der Waals surface area contributed by atoms with Crippen molar-refractivity contribution < 1.29 is 27.4 Å². The average molecular weight is 485 g/mol. The van der Waals surface area contributed by atoms with Gasteiger partial charge in [-0.25, -0.2) is 8.42 Å². The van der Waals surface area contributed by atoms with E-state index in [-0.39, 0.29) is 17.2 Å². The third kappa shape index (κ3) is 6.20. The first-order valence-electron chi connectivity index (χ1n) is 10.5. The zero-order chi connectivity index (χ0) is 24.7. The van der Waals surface area contributed by atoms with E-state index in [1.165, 1.54) is 7.11 Å². The number of nitrogens with one attached hydrogen (secondary N) is 2. The molecule has 0 spiro atoms. The Hall–Kier alpha value is -3.72. The summed E-state index contributed by atoms with van der Waals surface area (Å²) >= 11 is 0. The number of amides is 1. The lowest BCUT2D eigenvalue weighted by atomic mass is 10.1. The fourth-order valence-corrected chi connectivity index (χ4v) is 4.37. The highest BCUT2D eigenvalue weighted by Gasteiger charge is 2.15. The Bertz CT molecular complexity index is 1210. The van der Waals surface area contributed by atoms with Crippen LogP contribution in [0.15, 0.2) is 65.6 Å². The highest BCUT2D eigenvalue weighted by atomic mass is 32.2. The highest BCUT2D eigenvalue weighted by molar-refractivity contribution is 7.92. The zero-order valence-corrected chi connectivity index (χ0v) is 20.4. The van der Waals surface area contributed by atoms with Crippen molar-refractivity contribution in [1.29, 1.82) is 0 Å². The molecule has 3 aromatic carbocycles. The SMILES string of the molecule is COc1cc(CCC(=O)Nc2ccc(NS(=O)(=O)c3ccc(C)cc3)cc2)cc(OC)c1OC. The maximum Gasteiger partial charge on any atom is 0.261 e. The van der Waals surface area contributed by atoms with Gasteiger partial charge in [0.2, 0.25) is 11.7 Å². The summed E-state index contributed by atoms with van der Waals surface area (Å²) in [4.78, 5) is 12.6. The van der Waals surface area contributed by atoms with E-state index in [0.717, 1.165) is 11.1 Å².